The molecule has 1 aromatic rings. The van der Waals surface area contributed by atoms with Crippen LogP contribution in [0.15, 0.2) is 18.2 Å². The van der Waals surface area contributed by atoms with Crippen LogP contribution >= 0.6 is 11.6 Å². The second kappa shape index (κ2) is 3.83. The van der Waals surface area contributed by atoms with Gasteiger partial charge >= 0.3 is 0 Å². The molecule has 0 aliphatic rings. The van der Waals surface area contributed by atoms with Crippen LogP contribution in [-0.2, 0) is 4.79 Å². The third-order valence-corrected chi connectivity index (χ3v) is 2.10. The second-order valence-electron chi connectivity index (χ2n) is 2.69. The van der Waals surface area contributed by atoms with Crippen molar-refractivity contribution in [2.24, 2.45) is 0 Å². The van der Waals surface area contributed by atoms with Crippen molar-refractivity contribution in [2.45, 2.75) is 12.8 Å². The van der Waals surface area contributed by atoms with E-state index in [2.05, 4.69) is 0 Å². The molecule has 0 aliphatic heterocycles. The molecule has 13 heavy (non-hydrogen) atoms. The summed E-state index contributed by atoms with van der Waals surface area (Å²) in [5, 5.41) is -0.662. The van der Waals surface area contributed by atoms with Gasteiger partial charge in [0.25, 0.3) is 0 Å². The Morgan fingerprint density at radius 2 is 2.08 bits per heavy atom. The van der Waals surface area contributed by atoms with Crippen molar-refractivity contribution in [3.05, 3.63) is 35.4 Å². The Morgan fingerprint density at radius 3 is 2.54 bits per heavy atom. The molecule has 0 radical (unpaired) electrons. The molecule has 0 saturated carbocycles. The van der Waals surface area contributed by atoms with Crippen LogP contribution in [0.1, 0.15) is 18.4 Å². The van der Waals surface area contributed by atoms with Crippen molar-refractivity contribution in [3.63, 3.8) is 0 Å². The summed E-state index contributed by atoms with van der Waals surface area (Å²) in [6, 6.07) is 3.04. The minimum atomic E-state index is -0.749. The SMILES string of the molecule is CC(C(=O)Cl)c1ccc(F)cc1F. The van der Waals surface area contributed by atoms with E-state index in [1.54, 1.807) is 0 Å². The first-order valence-corrected chi connectivity index (χ1v) is 4.04. The monoisotopic (exact) mass is 204 g/mol. The van der Waals surface area contributed by atoms with Crippen LogP contribution in [0.4, 0.5) is 8.78 Å². The molecule has 1 unspecified atom stereocenters. The van der Waals surface area contributed by atoms with Gasteiger partial charge in [0.05, 0.1) is 5.92 Å². The Kier molecular flexibility index (Phi) is 2.98. The van der Waals surface area contributed by atoms with E-state index in [0.717, 1.165) is 12.1 Å². The zero-order valence-electron chi connectivity index (χ0n) is 6.85. The fourth-order valence-corrected chi connectivity index (χ4v) is 1.09. The van der Waals surface area contributed by atoms with E-state index in [0.29, 0.717) is 0 Å². The largest absolute Gasteiger partial charge is 0.281 e. The van der Waals surface area contributed by atoms with Gasteiger partial charge in [-0.15, -0.1) is 0 Å². The lowest BCUT2D eigenvalue weighted by atomic mass is 10.0. The van der Waals surface area contributed by atoms with E-state index >= 15 is 0 Å². The Morgan fingerprint density at radius 1 is 1.46 bits per heavy atom. The van der Waals surface area contributed by atoms with Crippen LogP contribution in [0.2, 0.25) is 0 Å². The van der Waals surface area contributed by atoms with Crippen LogP contribution in [0.3, 0.4) is 0 Å². The minimum absolute atomic E-state index is 0.112. The lowest BCUT2D eigenvalue weighted by Crippen LogP contribution is -2.04. The van der Waals surface area contributed by atoms with Gasteiger partial charge in [0.2, 0.25) is 5.24 Å². The highest BCUT2D eigenvalue weighted by atomic mass is 35.5. The van der Waals surface area contributed by atoms with Gasteiger partial charge in [-0.1, -0.05) is 13.0 Å². The molecule has 0 heterocycles. The summed E-state index contributed by atoms with van der Waals surface area (Å²) in [5.41, 5.74) is 0.112. The van der Waals surface area contributed by atoms with Gasteiger partial charge < -0.3 is 0 Å². The first kappa shape index (κ1) is 10.1. The van der Waals surface area contributed by atoms with E-state index in [4.69, 9.17) is 11.6 Å². The minimum Gasteiger partial charge on any atom is -0.281 e. The number of carbonyl (C=O) groups excluding carboxylic acids is 1. The highest BCUT2D eigenvalue weighted by Crippen LogP contribution is 2.21. The third kappa shape index (κ3) is 2.25. The number of hydrogen-bond donors (Lipinski definition) is 0. The number of halogens is 3. The first-order chi connectivity index (χ1) is 6.02. The molecule has 1 atom stereocenters. The van der Waals surface area contributed by atoms with E-state index in [1.165, 1.54) is 13.0 Å². The maximum atomic E-state index is 13.0. The number of hydrogen-bond acceptors (Lipinski definition) is 1. The molecule has 70 valence electrons. The van der Waals surface area contributed by atoms with Gasteiger partial charge in [0.1, 0.15) is 11.6 Å². The zero-order valence-corrected chi connectivity index (χ0v) is 7.61. The maximum Gasteiger partial charge on any atom is 0.228 e. The molecule has 1 nitrogen and oxygen atoms in total. The average molecular weight is 205 g/mol. The zero-order chi connectivity index (χ0) is 10.0. The standard InChI is InChI=1S/C9H7ClF2O/c1-5(9(10)13)7-3-2-6(11)4-8(7)12/h2-5H,1H3. The highest BCUT2D eigenvalue weighted by molar-refractivity contribution is 6.64. The molecule has 4 heteroatoms. The van der Waals surface area contributed by atoms with Gasteiger partial charge in [-0.25, -0.2) is 8.78 Å². The van der Waals surface area contributed by atoms with Gasteiger partial charge in [-0.05, 0) is 23.2 Å². The van der Waals surface area contributed by atoms with Crippen molar-refractivity contribution in [3.8, 4) is 0 Å². The van der Waals surface area contributed by atoms with Crippen LogP contribution in [0.5, 0.6) is 0 Å². The summed E-state index contributed by atoms with van der Waals surface area (Å²) in [4.78, 5) is 10.7. The van der Waals surface area contributed by atoms with Crippen LogP contribution < -0.4 is 0 Å². The quantitative estimate of drug-likeness (QED) is 0.677. The Bertz CT molecular complexity index is 338. The first-order valence-electron chi connectivity index (χ1n) is 3.66. The molecule has 0 aliphatic carbocycles. The van der Waals surface area contributed by atoms with E-state index < -0.39 is 22.8 Å². The van der Waals surface area contributed by atoms with E-state index in [9.17, 15) is 13.6 Å². The molecular formula is C9H7ClF2O. The van der Waals surface area contributed by atoms with Crippen LogP contribution in [0, 0.1) is 11.6 Å². The summed E-state index contributed by atoms with van der Waals surface area (Å²) in [6.07, 6.45) is 0. The van der Waals surface area contributed by atoms with Crippen molar-refractivity contribution in [2.75, 3.05) is 0 Å². The van der Waals surface area contributed by atoms with Crippen LogP contribution in [-0.4, -0.2) is 5.24 Å². The summed E-state index contributed by atoms with van der Waals surface area (Å²) in [6.45, 7) is 1.46. The number of rotatable bonds is 2. The molecule has 0 bridgehead atoms. The Labute approximate surface area is 79.3 Å². The lowest BCUT2D eigenvalue weighted by molar-refractivity contribution is -0.112. The van der Waals surface area contributed by atoms with Gasteiger partial charge in [-0.2, -0.15) is 0 Å². The summed E-state index contributed by atoms with van der Waals surface area (Å²) >= 11 is 5.18. The third-order valence-electron chi connectivity index (χ3n) is 1.77. The summed E-state index contributed by atoms with van der Waals surface area (Å²) in [7, 11) is 0. The molecule has 0 fully saturated rings. The molecule has 0 aromatic heterocycles. The fraction of sp³-hybridized carbons (Fsp3) is 0.222. The fourth-order valence-electron chi connectivity index (χ4n) is 0.975. The normalized spacial score (nSPS) is 12.6. The Hall–Kier alpha value is -0.960. The highest BCUT2D eigenvalue weighted by Gasteiger charge is 2.16. The van der Waals surface area contributed by atoms with Crippen molar-refractivity contribution < 1.29 is 13.6 Å². The molecule has 0 saturated heterocycles. The lowest BCUT2D eigenvalue weighted by Gasteiger charge is -2.07. The van der Waals surface area contributed by atoms with E-state index in [-0.39, 0.29) is 5.56 Å². The number of benzene rings is 1. The average Bonchev–Trinajstić information content (AvgIpc) is 2.03. The molecule has 0 spiro atoms. The van der Waals surface area contributed by atoms with E-state index in [1.807, 2.05) is 0 Å². The summed E-state index contributed by atoms with van der Waals surface area (Å²) < 4.78 is 25.5. The van der Waals surface area contributed by atoms with Crippen molar-refractivity contribution >= 4 is 16.8 Å². The smallest absolute Gasteiger partial charge is 0.228 e. The molecule has 0 N–H and O–H groups in total. The Balaban J connectivity index is 3.08. The predicted octanol–water partition coefficient (Wildman–Crippen LogP) is 2.83. The van der Waals surface area contributed by atoms with Gasteiger partial charge in [-0.3, -0.25) is 4.79 Å². The van der Waals surface area contributed by atoms with Gasteiger partial charge in [0, 0.05) is 6.07 Å². The number of carbonyl (C=O) groups is 1. The van der Waals surface area contributed by atoms with Crippen LogP contribution in [0.25, 0.3) is 0 Å². The van der Waals surface area contributed by atoms with Gasteiger partial charge in [0.15, 0.2) is 0 Å². The topological polar surface area (TPSA) is 17.1 Å². The molecule has 1 rings (SSSR count). The molecular weight excluding hydrogens is 198 g/mol. The van der Waals surface area contributed by atoms with Crippen molar-refractivity contribution in [1.82, 2.24) is 0 Å². The molecule has 0 amide bonds. The molecule has 1 aromatic carbocycles. The predicted molar refractivity (Wildman–Crippen MR) is 45.6 cm³/mol. The maximum absolute atomic E-state index is 13.0. The van der Waals surface area contributed by atoms with Crippen molar-refractivity contribution in [1.29, 1.82) is 0 Å². The second-order valence-corrected chi connectivity index (χ2v) is 3.06. The summed E-state index contributed by atoms with van der Waals surface area (Å²) in [5.74, 6) is -2.17.